The predicted octanol–water partition coefficient (Wildman–Crippen LogP) is 0.715. The van der Waals surface area contributed by atoms with Crippen molar-refractivity contribution >= 4 is 17.5 Å². The fraction of sp³-hybridized carbons (Fsp3) is 0.308. The SMILES string of the molecule is O=C(Cc1n[nH]c(=O)[nH]1)N1CCOc2ccc(Cl)cc2C1. The molecule has 1 aromatic heterocycles. The number of rotatable bonds is 2. The van der Waals surface area contributed by atoms with Crippen LogP contribution in [0.2, 0.25) is 5.02 Å². The number of carbonyl (C=O) groups excluding carboxylic acids is 1. The Bertz CT molecular complexity index is 724. The number of benzene rings is 1. The smallest absolute Gasteiger partial charge is 0.340 e. The topological polar surface area (TPSA) is 91.1 Å². The summed E-state index contributed by atoms with van der Waals surface area (Å²) in [7, 11) is 0. The van der Waals surface area contributed by atoms with Crippen molar-refractivity contribution in [2.24, 2.45) is 0 Å². The number of nitrogens with zero attached hydrogens (tertiary/aromatic N) is 2. The number of nitrogens with one attached hydrogen (secondary N) is 2. The number of amides is 1. The van der Waals surface area contributed by atoms with Crippen LogP contribution in [0.3, 0.4) is 0 Å². The van der Waals surface area contributed by atoms with E-state index in [1.807, 2.05) is 0 Å². The van der Waals surface area contributed by atoms with Crippen molar-refractivity contribution in [3.05, 3.63) is 45.1 Å². The van der Waals surface area contributed by atoms with Gasteiger partial charge < -0.3 is 9.64 Å². The highest BCUT2D eigenvalue weighted by molar-refractivity contribution is 6.30. The van der Waals surface area contributed by atoms with Crippen LogP contribution in [0.25, 0.3) is 0 Å². The van der Waals surface area contributed by atoms with Crippen molar-refractivity contribution < 1.29 is 9.53 Å². The highest BCUT2D eigenvalue weighted by atomic mass is 35.5. The van der Waals surface area contributed by atoms with Crippen LogP contribution in [0.5, 0.6) is 5.75 Å². The Morgan fingerprint density at radius 2 is 2.33 bits per heavy atom. The molecule has 21 heavy (non-hydrogen) atoms. The van der Waals surface area contributed by atoms with Crippen LogP contribution in [0.15, 0.2) is 23.0 Å². The van der Waals surface area contributed by atoms with Gasteiger partial charge in [0, 0.05) is 17.1 Å². The van der Waals surface area contributed by atoms with Gasteiger partial charge in [0.2, 0.25) is 5.91 Å². The first-order valence-electron chi connectivity index (χ1n) is 6.44. The van der Waals surface area contributed by atoms with E-state index < -0.39 is 5.69 Å². The van der Waals surface area contributed by atoms with E-state index in [2.05, 4.69) is 15.2 Å². The van der Waals surface area contributed by atoms with Gasteiger partial charge in [0.15, 0.2) is 0 Å². The van der Waals surface area contributed by atoms with E-state index in [-0.39, 0.29) is 12.3 Å². The van der Waals surface area contributed by atoms with E-state index in [0.29, 0.717) is 30.5 Å². The molecule has 8 heteroatoms. The van der Waals surface area contributed by atoms with E-state index in [1.54, 1.807) is 23.1 Å². The molecule has 0 unspecified atom stereocenters. The van der Waals surface area contributed by atoms with Crippen LogP contribution in [0, 0.1) is 0 Å². The van der Waals surface area contributed by atoms with Gasteiger partial charge in [0.25, 0.3) is 0 Å². The first kappa shape index (κ1) is 13.7. The molecule has 1 aliphatic heterocycles. The maximum Gasteiger partial charge on any atom is 0.340 e. The fourth-order valence-electron chi connectivity index (χ4n) is 2.22. The number of halogens is 1. The molecule has 0 fully saturated rings. The fourth-order valence-corrected chi connectivity index (χ4v) is 2.41. The Hall–Kier alpha value is -2.28. The maximum absolute atomic E-state index is 12.3. The monoisotopic (exact) mass is 308 g/mol. The van der Waals surface area contributed by atoms with Crippen LogP contribution in [-0.4, -0.2) is 39.1 Å². The third kappa shape index (κ3) is 3.08. The number of ether oxygens (including phenoxy) is 1. The Morgan fingerprint density at radius 1 is 1.48 bits per heavy atom. The van der Waals surface area contributed by atoms with Gasteiger partial charge in [-0.25, -0.2) is 9.89 Å². The van der Waals surface area contributed by atoms with E-state index in [9.17, 15) is 9.59 Å². The normalized spacial score (nSPS) is 14.2. The second-order valence-electron chi connectivity index (χ2n) is 4.72. The molecule has 2 aromatic rings. The Morgan fingerprint density at radius 3 is 3.10 bits per heavy atom. The Balaban J connectivity index is 1.76. The van der Waals surface area contributed by atoms with Gasteiger partial charge in [0.05, 0.1) is 13.0 Å². The summed E-state index contributed by atoms with van der Waals surface area (Å²) in [6.07, 6.45) is 0.0363. The molecular weight excluding hydrogens is 296 g/mol. The van der Waals surface area contributed by atoms with Gasteiger partial charge in [-0.2, -0.15) is 5.10 Å². The lowest BCUT2D eigenvalue weighted by molar-refractivity contribution is -0.131. The molecule has 0 radical (unpaired) electrons. The quantitative estimate of drug-likeness (QED) is 0.855. The Labute approximate surface area is 124 Å². The van der Waals surface area contributed by atoms with Gasteiger partial charge in [-0.05, 0) is 18.2 Å². The van der Waals surface area contributed by atoms with Gasteiger partial charge in [-0.3, -0.25) is 9.78 Å². The highest BCUT2D eigenvalue weighted by Gasteiger charge is 2.21. The molecule has 0 saturated heterocycles. The molecule has 0 bridgehead atoms. The minimum atomic E-state index is -0.422. The minimum absolute atomic E-state index is 0.0363. The van der Waals surface area contributed by atoms with Gasteiger partial charge in [0.1, 0.15) is 18.2 Å². The first-order valence-corrected chi connectivity index (χ1v) is 6.82. The average Bonchev–Trinajstić information content (AvgIpc) is 2.73. The number of aromatic nitrogens is 3. The summed E-state index contributed by atoms with van der Waals surface area (Å²) in [4.78, 5) is 27.4. The zero-order chi connectivity index (χ0) is 14.8. The molecule has 2 N–H and O–H groups in total. The van der Waals surface area contributed by atoms with E-state index in [0.717, 1.165) is 11.3 Å². The number of carbonyl (C=O) groups is 1. The molecule has 0 saturated carbocycles. The van der Waals surface area contributed by atoms with Crippen molar-refractivity contribution in [3.63, 3.8) is 0 Å². The van der Waals surface area contributed by atoms with E-state index in [4.69, 9.17) is 16.3 Å². The Kier molecular flexibility index (Phi) is 3.66. The largest absolute Gasteiger partial charge is 0.491 e. The zero-order valence-corrected chi connectivity index (χ0v) is 11.8. The first-order chi connectivity index (χ1) is 10.1. The molecule has 3 rings (SSSR count). The summed E-state index contributed by atoms with van der Waals surface area (Å²) in [5, 5.41) is 6.58. The lowest BCUT2D eigenvalue weighted by atomic mass is 10.2. The lowest BCUT2D eigenvalue weighted by Crippen LogP contribution is -2.33. The molecule has 0 atom stereocenters. The van der Waals surface area contributed by atoms with Gasteiger partial charge >= 0.3 is 5.69 Å². The summed E-state index contributed by atoms with van der Waals surface area (Å²) < 4.78 is 5.61. The van der Waals surface area contributed by atoms with Gasteiger partial charge in [-0.1, -0.05) is 11.6 Å². The summed E-state index contributed by atoms with van der Waals surface area (Å²) in [5.74, 6) is 0.929. The molecule has 0 aliphatic carbocycles. The predicted molar refractivity (Wildman–Crippen MR) is 75.3 cm³/mol. The molecule has 0 spiro atoms. The van der Waals surface area contributed by atoms with Gasteiger partial charge in [-0.15, -0.1) is 0 Å². The molecule has 1 aliphatic rings. The van der Waals surface area contributed by atoms with Crippen LogP contribution in [0.4, 0.5) is 0 Å². The standard InChI is InChI=1S/C13H13ClN4O3/c14-9-1-2-10-8(5-9)7-18(3-4-21-10)12(19)6-11-15-13(20)17-16-11/h1-2,5H,3-4,6-7H2,(H2,15,16,17,20). The summed E-state index contributed by atoms with van der Waals surface area (Å²) in [5.41, 5.74) is 0.443. The highest BCUT2D eigenvalue weighted by Crippen LogP contribution is 2.26. The number of H-pyrrole nitrogens is 2. The van der Waals surface area contributed by atoms with Crippen molar-refractivity contribution in [3.8, 4) is 5.75 Å². The molecule has 1 aromatic carbocycles. The molecule has 2 heterocycles. The summed E-state index contributed by atoms with van der Waals surface area (Å²) >= 11 is 5.98. The molecular formula is C13H13ClN4O3. The van der Waals surface area contributed by atoms with Crippen molar-refractivity contribution in [2.75, 3.05) is 13.2 Å². The lowest BCUT2D eigenvalue weighted by Gasteiger charge is -2.19. The maximum atomic E-state index is 12.3. The number of aromatic amines is 2. The summed E-state index contributed by atoms with van der Waals surface area (Å²) in [6.45, 7) is 1.31. The van der Waals surface area contributed by atoms with Crippen molar-refractivity contribution in [2.45, 2.75) is 13.0 Å². The minimum Gasteiger partial charge on any atom is -0.491 e. The van der Waals surface area contributed by atoms with Crippen LogP contribution in [-0.2, 0) is 17.8 Å². The van der Waals surface area contributed by atoms with E-state index >= 15 is 0 Å². The van der Waals surface area contributed by atoms with Crippen LogP contribution >= 0.6 is 11.6 Å². The third-order valence-corrected chi connectivity index (χ3v) is 3.46. The molecule has 1 amide bonds. The number of fused-ring (bicyclic) bond motifs is 1. The van der Waals surface area contributed by atoms with Crippen molar-refractivity contribution in [1.82, 2.24) is 20.1 Å². The summed E-state index contributed by atoms with van der Waals surface area (Å²) in [6, 6.07) is 5.35. The third-order valence-electron chi connectivity index (χ3n) is 3.22. The average molecular weight is 309 g/mol. The van der Waals surface area contributed by atoms with E-state index in [1.165, 1.54) is 0 Å². The van der Waals surface area contributed by atoms with Crippen molar-refractivity contribution in [1.29, 1.82) is 0 Å². The zero-order valence-electron chi connectivity index (χ0n) is 11.1. The van der Waals surface area contributed by atoms with Crippen LogP contribution in [0.1, 0.15) is 11.4 Å². The van der Waals surface area contributed by atoms with Crippen LogP contribution < -0.4 is 10.4 Å². The number of hydrogen-bond donors (Lipinski definition) is 2. The molecule has 110 valence electrons. The molecule has 7 nitrogen and oxygen atoms in total. The second-order valence-corrected chi connectivity index (χ2v) is 5.15. The number of hydrogen-bond acceptors (Lipinski definition) is 4. The second kappa shape index (κ2) is 5.61.